The fourth-order valence-electron chi connectivity index (χ4n) is 2.01. The van der Waals surface area contributed by atoms with Gasteiger partial charge in [0.2, 0.25) is 0 Å². The lowest BCUT2D eigenvalue weighted by atomic mass is 9.88. The van der Waals surface area contributed by atoms with Crippen molar-refractivity contribution in [2.45, 2.75) is 45.3 Å². The van der Waals surface area contributed by atoms with Crippen molar-refractivity contribution in [2.24, 2.45) is 5.92 Å². The van der Waals surface area contributed by atoms with Crippen LogP contribution in [-0.2, 0) is 4.74 Å². The van der Waals surface area contributed by atoms with E-state index in [1.165, 1.54) is 4.90 Å². The minimum atomic E-state index is -1.45. The minimum Gasteiger partial charge on any atom is -0.444 e. The van der Waals surface area contributed by atoms with Gasteiger partial charge in [0.15, 0.2) is 5.60 Å². The van der Waals surface area contributed by atoms with Gasteiger partial charge in [-0.3, -0.25) is 0 Å². The van der Waals surface area contributed by atoms with Crippen molar-refractivity contribution >= 4 is 6.09 Å². The molecule has 0 aromatic heterocycles. The number of nitriles is 1. The van der Waals surface area contributed by atoms with Gasteiger partial charge >= 0.3 is 6.09 Å². The monoisotopic (exact) mass is 240 g/mol. The highest BCUT2D eigenvalue weighted by Gasteiger charge is 2.39. The molecule has 1 aliphatic rings. The maximum absolute atomic E-state index is 11.8. The van der Waals surface area contributed by atoms with Crippen LogP contribution in [0.25, 0.3) is 0 Å². The zero-order valence-electron chi connectivity index (χ0n) is 10.9. The van der Waals surface area contributed by atoms with Crippen molar-refractivity contribution in [3.63, 3.8) is 0 Å². The van der Waals surface area contributed by atoms with Gasteiger partial charge in [-0.25, -0.2) is 4.79 Å². The van der Waals surface area contributed by atoms with E-state index in [1.54, 1.807) is 20.8 Å². The first-order valence-electron chi connectivity index (χ1n) is 5.77. The van der Waals surface area contributed by atoms with E-state index in [0.717, 1.165) is 0 Å². The summed E-state index contributed by atoms with van der Waals surface area (Å²) in [5.74, 6) is 0.0842. The third-order valence-electron chi connectivity index (χ3n) is 2.53. The molecule has 1 rings (SSSR count). The Balaban J connectivity index is 2.72. The molecular weight excluding hydrogens is 220 g/mol. The van der Waals surface area contributed by atoms with Crippen LogP contribution >= 0.6 is 0 Å². The number of likely N-dealkylation sites (tertiary alicyclic amines) is 1. The first kappa shape index (κ1) is 13.8. The van der Waals surface area contributed by atoms with Gasteiger partial charge in [0.25, 0.3) is 0 Å². The smallest absolute Gasteiger partial charge is 0.410 e. The topological polar surface area (TPSA) is 73.6 Å². The number of β-amino-alcohol motifs (C(OH)–C–C–N with tert-alkyl or cyclic N) is 1. The highest BCUT2D eigenvalue weighted by molar-refractivity contribution is 5.68. The number of rotatable bonds is 0. The summed E-state index contributed by atoms with van der Waals surface area (Å²) in [6, 6.07) is 1.86. The molecule has 1 fully saturated rings. The van der Waals surface area contributed by atoms with E-state index >= 15 is 0 Å². The van der Waals surface area contributed by atoms with Gasteiger partial charge in [-0.1, -0.05) is 6.92 Å². The Morgan fingerprint density at radius 1 is 1.59 bits per heavy atom. The van der Waals surface area contributed by atoms with Crippen LogP contribution in [0.2, 0.25) is 0 Å². The highest BCUT2D eigenvalue weighted by atomic mass is 16.6. The number of carbonyl (C=O) groups excluding carboxylic acids is 1. The lowest BCUT2D eigenvalue weighted by Crippen LogP contribution is -2.53. The van der Waals surface area contributed by atoms with Crippen LogP contribution in [0.1, 0.15) is 34.1 Å². The fraction of sp³-hybridized carbons (Fsp3) is 0.833. The van der Waals surface area contributed by atoms with Crippen molar-refractivity contribution < 1.29 is 14.6 Å². The van der Waals surface area contributed by atoms with Crippen molar-refractivity contribution in [1.82, 2.24) is 4.90 Å². The molecule has 1 heterocycles. The molecule has 0 spiro atoms. The number of nitrogens with zero attached hydrogens (tertiary/aromatic N) is 2. The molecule has 0 aliphatic carbocycles. The van der Waals surface area contributed by atoms with Crippen LogP contribution in [0.5, 0.6) is 0 Å². The molecule has 0 saturated carbocycles. The second-order valence-corrected chi connectivity index (χ2v) is 5.81. The van der Waals surface area contributed by atoms with E-state index in [-0.39, 0.29) is 12.5 Å². The van der Waals surface area contributed by atoms with Gasteiger partial charge in [0, 0.05) is 6.54 Å². The predicted octanol–water partition coefficient (Wildman–Crippen LogP) is 1.52. The van der Waals surface area contributed by atoms with E-state index in [2.05, 4.69) is 0 Å². The largest absolute Gasteiger partial charge is 0.444 e. The maximum atomic E-state index is 11.8. The van der Waals surface area contributed by atoms with Crippen LogP contribution in [0, 0.1) is 17.2 Å². The molecular formula is C12H20N2O3. The Labute approximate surface area is 102 Å². The van der Waals surface area contributed by atoms with Crippen LogP contribution < -0.4 is 0 Å². The first-order chi connectivity index (χ1) is 7.65. The fourth-order valence-corrected chi connectivity index (χ4v) is 2.01. The zero-order valence-corrected chi connectivity index (χ0v) is 10.9. The Hall–Kier alpha value is -1.28. The number of hydrogen-bond donors (Lipinski definition) is 1. The summed E-state index contributed by atoms with van der Waals surface area (Å²) in [6.45, 7) is 7.79. The molecule has 2 unspecified atom stereocenters. The number of aliphatic hydroxyl groups is 1. The summed E-state index contributed by atoms with van der Waals surface area (Å²) >= 11 is 0. The summed E-state index contributed by atoms with van der Waals surface area (Å²) in [6.07, 6.45) is -0.0827. The highest BCUT2D eigenvalue weighted by Crippen LogP contribution is 2.26. The van der Waals surface area contributed by atoms with Gasteiger partial charge in [0.05, 0.1) is 12.6 Å². The van der Waals surface area contributed by atoms with Crippen LogP contribution in [-0.4, -0.2) is 40.4 Å². The second-order valence-electron chi connectivity index (χ2n) is 5.81. The molecule has 1 amide bonds. The lowest BCUT2D eigenvalue weighted by Gasteiger charge is -2.38. The molecule has 0 aromatic carbocycles. The maximum Gasteiger partial charge on any atom is 0.410 e. The van der Waals surface area contributed by atoms with Gasteiger partial charge in [-0.15, -0.1) is 0 Å². The van der Waals surface area contributed by atoms with Crippen LogP contribution in [0.3, 0.4) is 0 Å². The Morgan fingerprint density at radius 2 is 2.18 bits per heavy atom. The number of piperidine rings is 1. The van der Waals surface area contributed by atoms with Crippen molar-refractivity contribution in [3.8, 4) is 6.07 Å². The number of hydrogen-bond acceptors (Lipinski definition) is 4. The van der Waals surface area contributed by atoms with E-state index < -0.39 is 17.3 Å². The molecule has 96 valence electrons. The van der Waals surface area contributed by atoms with Crippen LogP contribution in [0.15, 0.2) is 0 Å². The Kier molecular flexibility index (Phi) is 3.68. The average Bonchev–Trinajstić information content (AvgIpc) is 2.14. The Morgan fingerprint density at radius 3 is 2.65 bits per heavy atom. The third kappa shape index (κ3) is 3.90. The van der Waals surface area contributed by atoms with Gasteiger partial charge in [-0.2, -0.15) is 5.26 Å². The SMILES string of the molecule is CC1CN(C(=O)OC(C)(C)C)CC(O)(C#N)C1. The number of carbonyl (C=O) groups is 1. The first-order valence-corrected chi connectivity index (χ1v) is 5.77. The molecule has 1 aliphatic heterocycles. The third-order valence-corrected chi connectivity index (χ3v) is 2.53. The summed E-state index contributed by atoms with van der Waals surface area (Å²) in [4.78, 5) is 13.3. The average molecular weight is 240 g/mol. The predicted molar refractivity (Wildman–Crippen MR) is 62.2 cm³/mol. The molecule has 17 heavy (non-hydrogen) atoms. The van der Waals surface area contributed by atoms with Crippen molar-refractivity contribution in [1.29, 1.82) is 5.26 Å². The normalized spacial score (nSPS) is 29.6. The molecule has 1 N–H and O–H groups in total. The zero-order chi connectivity index (χ0) is 13.3. The molecule has 5 heteroatoms. The summed E-state index contributed by atoms with van der Waals surface area (Å²) in [5, 5.41) is 18.9. The number of amides is 1. The Bertz CT molecular complexity index is 343. The van der Waals surface area contributed by atoms with Crippen molar-refractivity contribution in [3.05, 3.63) is 0 Å². The summed E-state index contributed by atoms with van der Waals surface area (Å²) in [5.41, 5.74) is -2.02. The molecule has 5 nitrogen and oxygen atoms in total. The quantitative estimate of drug-likeness (QED) is 0.651. The molecule has 0 radical (unpaired) electrons. The van der Waals surface area contributed by atoms with Gasteiger partial charge < -0.3 is 14.7 Å². The second kappa shape index (κ2) is 4.53. The molecule has 0 bridgehead atoms. The summed E-state index contributed by atoms with van der Waals surface area (Å²) < 4.78 is 5.23. The van der Waals surface area contributed by atoms with E-state index in [0.29, 0.717) is 13.0 Å². The van der Waals surface area contributed by atoms with Crippen LogP contribution in [0.4, 0.5) is 4.79 Å². The van der Waals surface area contributed by atoms with Gasteiger partial charge in [-0.05, 0) is 33.1 Å². The lowest BCUT2D eigenvalue weighted by molar-refractivity contribution is -0.0292. The number of ether oxygens (including phenoxy) is 1. The summed E-state index contributed by atoms with van der Waals surface area (Å²) in [7, 11) is 0. The van der Waals surface area contributed by atoms with Crippen molar-refractivity contribution in [2.75, 3.05) is 13.1 Å². The van der Waals surface area contributed by atoms with Gasteiger partial charge in [0.1, 0.15) is 5.60 Å². The van der Waals surface area contributed by atoms with E-state index in [9.17, 15) is 9.90 Å². The van der Waals surface area contributed by atoms with E-state index in [4.69, 9.17) is 10.00 Å². The molecule has 0 aromatic rings. The molecule has 2 atom stereocenters. The standard InChI is InChI=1S/C12H20N2O3/c1-9-5-12(16,7-13)8-14(6-9)10(15)17-11(2,3)4/h9,16H,5-6,8H2,1-4H3. The van der Waals surface area contributed by atoms with E-state index in [1.807, 2.05) is 13.0 Å². The molecule has 1 saturated heterocycles. The minimum absolute atomic E-state index is 0.0166.